The number of anilines is 1. The van der Waals surface area contributed by atoms with E-state index in [9.17, 15) is 9.59 Å². The molecule has 0 aliphatic rings. The fourth-order valence-corrected chi connectivity index (χ4v) is 1.22. The number of rotatable bonds is 6. The molecule has 0 aromatic carbocycles. The maximum absolute atomic E-state index is 11.4. The third-order valence-electron chi connectivity index (χ3n) is 2.00. The van der Waals surface area contributed by atoms with Gasteiger partial charge in [-0.05, 0) is 13.0 Å². The van der Waals surface area contributed by atoms with Crippen molar-refractivity contribution in [3.05, 3.63) is 28.7 Å². The van der Waals surface area contributed by atoms with Gasteiger partial charge in [0.1, 0.15) is 13.2 Å². The van der Waals surface area contributed by atoms with Crippen LogP contribution in [0.1, 0.15) is 6.92 Å². The lowest BCUT2D eigenvalue weighted by Crippen LogP contribution is -2.25. The fraction of sp³-hybridized carbons (Fsp3) is 0.455. The van der Waals surface area contributed by atoms with Gasteiger partial charge in [0.05, 0.1) is 6.61 Å². The number of ether oxygens (including phenoxy) is 2. The van der Waals surface area contributed by atoms with Gasteiger partial charge in [-0.15, -0.1) is 0 Å². The molecule has 0 amide bonds. The number of nitrogen functional groups attached to an aromatic ring is 1. The van der Waals surface area contributed by atoms with Gasteiger partial charge in [-0.25, -0.2) is 0 Å². The average Bonchev–Trinajstić information content (AvgIpc) is 2.29. The summed E-state index contributed by atoms with van der Waals surface area (Å²) in [5.41, 5.74) is 5.64. The molecule has 0 bridgehead atoms. The molecule has 2 N–H and O–H groups in total. The number of carbonyl (C=O) groups is 1. The molecule has 0 radical (unpaired) electrons. The molecule has 6 heteroatoms. The van der Waals surface area contributed by atoms with Gasteiger partial charge in [-0.2, -0.15) is 0 Å². The molecule has 0 spiro atoms. The average molecular weight is 240 g/mol. The quantitative estimate of drug-likeness (QED) is 0.559. The van der Waals surface area contributed by atoms with E-state index in [0.717, 1.165) is 0 Å². The maximum atomic E-state index is 11.4. The van der Waals surface area contributed by atoms with Crippen molar-refractivity contribution < 1.29 is 14.3 Å². The first-order valence-electron chi connectivity index (χ1n) is 5.33. The first kappa shape index (κ1) is 13.2. The number of hydrogen-bond acceptors (Lipinski definition) is 5. The van der Waals surface area contributed by atoms with Crippen LogP contribution in [0.3, 0.4) is 0 Å². The summed E-state index contributed by atoms with van der Waals surface area (Å²) in [4.78, 5) is 22.7. The number of carbonyl (C=O) groups excluding carboxylic acids is 1. The molecule has 1 rings (SSSR count). The molecule has 0 aliphatic heterocycles. The lowest BCUT2D eigenvalue weighted by Gasteiger charge is -2.07. The smallest absolute Gasteiger partial charge is 0.326 e. The summed E-state index contributed by atoms with van der Waals surface area (Å²) in [6.07, 6.45) is 1.41. The molecular formula is C11H16N2O4. The zero-order valence-corrected chi connectivity index (χ0v) is 9.72. The number of hydrogen-bond donors (Lipinski definition) is 1. The lowest BCUT2D eigenvalue weighted by molar-refractivity contribution is -0.145. The summed E-state index contributed by atoms with van der Waals surface area (Å²) >= 11 is 0. The predicted molar refractivity (Wildman–Crippen MR) is 62.6 cm³/mol. The molecule has 17 heavy (non-hydrogen) atoms. The summed E-state index contributed by atoms with van der Waals surface area (Å²) in [5, 5.41) is 0. The molecule has 0 atom stereocenters. The molecule has 0 unspecified atom stereocenters. The SMILES string of the molecule is CCOCCOC(=O)Cn1cc(N)ccc1=O. The van der Waals surface area contributed by atoms with Crippen LogP contribution in [-0.2, 0) is 20.8 Å². The van der Waals surface area contributed by atoms with Gasteiger partial charge in [0.25, 0.3) is 5.56 Å². The van der Waals surface area contributed by atoms with E-state index >= 15 is 0 Å². The van der Waals surface area contributed by atoms with Crippen molar-refractivity contribution in [1.29, 1.82) is 0 Å². The van der Waals surface area contributed by atoms with E-state index in [1.165, 1.54) is 22.9 Å². The van der Waals surface area contributed by atoms with E-state index in [-0.39, 0.29) is 18.7 Å². The fourth-order valence-electron chi connectivity index (χ4n) is 1.22. The Kier molecular flexibility index (Phi) is 5.22. The standard InChI is InChI=1S/C11H16N2O4/c1-2-16-5-6-17-11(15)8-13-7-9(12)3-4-10(13)14/h3-4,7H,2,5-6,8,12H2,1H3. The summed E-state index contributed by atoms with van der Waals surface area (Å²) in [5.74, 6) is -0.489. The van der Waals surface area contributed by atoms with Crippen LogP contribution in [0.4, 0.5) is 5.69 Å². The van der Waals surface area contributed by atoms with E-state index in [1.807, 2.05) is 6.92 Å². The topological polar surface area (TPSA) is 83.6 Å². The van der Waals surface area contributed by atoms with Crippen LogP contribution in [0.2, 0.25) is 0 Å². The molecular weight excluding hydrogens is 224 g/mol. The van der Waals surface area contributed by atoms with E-state index in [0.29, 0.717) is 18.9 Å². The van der Waals surface area contributed by atoms with Crippen LogP contribution in [0.15, 0.2) is 23.1 Å². The van der Waals surface area contributed by atoms with Gasteiger partial charge >= 0.3 is 5.97 Å². The van der Waals surface area contributed by atoms with Crippen molar-refractivity contribution >= 4 is 11.7 Å². The third-order valence-corrected chi connectivity index (χ3v) is 2.00. The highest BCUT2D eigenvalue weighted by molar-refractivity contribution is 5.69. The van der Waals surface area contributed by atoms with Crippen LogP contribution in [0, 0.1) is 0 Å². The number of esters is 1. The molecule has 0 aliphatic carbocycles. The molecule has 1 aromatic heterocycles. The predicted octanol–water partition coefficient (Wildman–Crippen LogP) is 0.0102. The van der Waals surface area contributed by atoms with Crippen molar-refractivity contribution in [3.8, 4) is 0 Å². The van der Waals surface area contributed by atoms with Gasteiger partial charge in [-0.1, -0.05) is 0 Å². The number of aromatic nitrogens is 1. The van der Waals surface area contributed by atoms with Crippen LogP contribution in [0.5, 0.6) is 0 Å². The monoisotopic (exact) mass is 240 g/mol. The summed E-state index contributed by atoms with van der Waals surface area (Å²) < 4.78 is 11.1. The molecule has 1 aromatic rings. The molecule has 0 fully saturated rings. The second-order valence-electron chi connectivity index (χ2n) is 3.35. The summed E-state index contributed by atoms with van der Waals surface area (Å²) in [6, 6.07) is 2.79. The minimum atomic E-state index is -0.489. The van der Waals surface area contributed by atoms with Crippen molar-refractivity contribution in [2.45, 2.75) is 13.5 Å². The van der Waals surface area contributed by atoms with Gasteiger partial charge in [-0.3, -0.25) is 9.59 Å². The molecule has 94 valence electrons. The molecule has 1 heterocycles. The molecule has 6 nitrogen and oxygen atoms in total. The van der Waals surface area contributed by atoms with Crippen molar-refractivity contribution in [2.24, 2.45) is 0 Å². The van der Waals surface area contributed by atoms with Gasteiger partial charge < -0.3 is 19.8 Å². The Morgan fingerprint density at radius 1 is 1.41 bits per heavy atom. The highest BCUT2D eigenvalue weighted by atomic mass is 16.6. The minimum absolute atomic E-state index is 0.143. The Morgan fingerprint density at radius 2 is 2.18 bits per heavy atom. The summed E-state index contributed by atoms with van der Waals surface area (Å²) in [6.45, 7) is 2.83. The highest BCUT2D eigenvalue weighted by Crippen LogP contribution is 1.96. The lowest BCUT2D eigenvalue weighted by atomic mass is 10.4. The Hall–Kier alpha value is -1.82. The van der Waals surface area contributed by atoms with Crippen LogP contribution >= 0.6 is 0 Å². The van der Waals surface area contributed by atoms with E-state index in [2.05, 4.69) is 0 Å². The molecule has 0 saturated carbocycles. The van der Waals surface area contributed by atoms with Gasteiger partial charge in [0.15, 0.2) is 0 Å². The second kappa shape index (κ2) is 6.70. The maximum Gasteiger partial charge on any atom is 0.326 e. The normalized spacial score (nSPS) is 10.2. The van der Waals surface area contributed by atoms with Crippen molar-refractivity contribution in [3.63, 3.8) is 0 Å². The Balaban J connectivity index is 2.45. The Labute approximate surface area is 98.9 Å². The Bertz CT molecular complexity index is 428. The Morgan fingerprint density at radius 3 is 2.88 bits per heavy atom. The highest BCUT2D eigenvalue weighted by Gasteiger charge is 2.05. The minimum Gasteiger partial charge on any atom is -0.462 e. The van der Waals surface area contributed by atoms with Gasteiger partial charge in [0, 0.05) is 24.6 Å². The van der Waals surface area contributed by atoms with Crippen molar-refractivity contribution in [2.75, 3.05) is 25.6 Å². The zero-order chi connectivity index (χ0) is 12.7. The molecule has 0 saturated heterocycles. The first-order chi connectivity index (χ1) is 8.13. The second-order valence-corrected chi connectivity index (χ2v) is 3.35. The number of nitrogens with zero attached hydrogens (tertiary/aromatic N) is 1. The summed E-state index contributed by atoms with van der Waals surface area (Å²) in [7, 11) is 0. The van der Waals surface area contributed by atoms with E-state index < -0.39 is 5.97 Å². The first-order valence-corrected chi connectivity index (χ1v) is 5.33. The van der Waals surface area contributed by atoms with Crippen LogP contribution < -0.4 is 11.3 Å². The van der Waals surface area contributed by atoms with Crippen LogP contribution in [0.25, 0.3) is 0 Å². The van der Waals surface area contributed by atoms with Gasteiger partial charge in [0.2, 0.25) is 0 Å². The van der Waals surface area contributed by atoms with Crippen LogP contribution in [-0.4, -0.2) is 30.4 Å². The largest absolute Gasteiger partial charge is 0.462 e. The van der Waals surface area contributed by atoms with Crippen molar-refractivity contribution in [1.82, 2.24) is 4.57 Å². The van der Waals surface area contributed by atoms with E-state index in [1.54, 1.807) is 0 Å². The van der Waals surface area contributed by atoms with E-state index in [4.69, 9.17) is 15.2 Å². The zero-order valence-electron chi connectivity index (χ0n) is 9.72. The third kappa shape index (κ3) is 4.69. The number of pyridine rings is 1. The number of nitrogens with two attached hydrogens (primary N) is 1.